The fourth-order valence-electron chi connectivity index (χ4n) is 1.32. The minimum Gasteiger partial charge on any atom is -0.425 e. The Bertz CT molecular complexity index is 321. The first-order valence-electron chi connectivity index (χ1n) is 4.73. The van der Waals surface area contributed by atoms with E-state index in [0.717, 1.165) is 6.42 Å². The van der Waals surface area contributed by atoms with Crippen molar-refractivity contribution in [2.24, 2.45) is 0 Å². The lowest BCUT2D eigenvalue weighted by atomic mass is 10.2. The van der Waals surface area contributed by atoms with Crippen LogP contribution in [-0.4, -0.2) is 18.2 Å². The van der Waals surface area contributed by atoms with Crippen molar-refractivity contribution in [1.29, 1.82) is 0 Å². The molecule has 3 nitrogen and oxygen atoms in total. The third kappa shape index (κ3) is 1.93. The maximum atomic E-state index is 11.4. The molecule has 1 fully saturated rings. The van der Waals surface area contributed by atoms with E-state index in [9.17, 15) is 4.79 Å². The van der Waals surface area contributed by atoms with Gasteiger partial charge in [0.1, 0.15) is 5.75 Å². The van der Waals surface area contributed by atoms with Crippen LogP contribution in [0.4, 0.5) is 0 Å². The van der Waals surface area contributed by atoms with Gasteiger partial charge in [0.05, 0.1) is 6.10 Å². The first-order chi connectivity index (χ1) is 6.81. The zero-order valence-corrected chi connectivity index (χ0v) is 7.97. The average molecular weight is 192 g/mol. The summed E-state index contributed by atoms with van der Waals surface area (Å²) in [6.45, 7) is 1.99. The van der Waals surface area contributed by atoms with Gasteiger partial charge in [-0.1, -0.05) is 25.1 Å². The normalized spacial score (nSPS) is 24.4. The SMILES string of the molecule is CC[C@H]1O[C@@H]1C(=O)Oc1ccccc1. The zero-order valence-electron chi connectivity index (χ0n) is 7.97. The van der Waals surface area contributed by atoms with E-state index in [-0.39, 0.29) is 18.2 Å². The molecule has 14 heavy (non-hydrogen) atoms. The van der Waals surface area contributed by atoms with Crippen LogP contribution in [0.3, 0.4) is 0 Å². The van der Waals surface area contributed by atoms with Crippen LogP contribution in [0.2, 0.25) is 0 Å². The standard InChI is InChI=1S/C11H12O3/c1-2-9-10(14-9)11(12)13-8-6-4-3-5-7-8/h3-7,9-10H,2H2,1H3/t9-,10+/m1/s1. The van der Waals surface area contributed by atoms with Gasteiger partial charge in [-0.15, -0.1) is 0 Å². The van der Waals surface area contributed by atoms with Crippen LogP contribution < -0.4 is 4.74 Å². The van der Waals surface area contributed by atoms with Gasteiger partial charge in [0.25, 0.3) is 0 Å². The van der Waals surface area contributed by atoms with Crippen LogP contribution in [0, 0.1) is 0 Å². The van der Waals surface area contributed by atoms with Crippen molar-refractivity contribution in [3.63, 3.8) is 0 Å². The van der Waals surface area contributed by atoms with E-state index in [1.807, 2.05) is 25.1 Å². The van der Waals surface area contributed by atoms with E-state index in [1.165, 1.54) is 0 Å². The van der Waals surface area contributed by atoms with Crippen LogP contribution in [0.15, 0.2) is 30.3 Å². The maximum Gasteiger partial charge on any atom is 0.343 e. The van der Waals surface area contributed by atoms with Gasteiger partial charge >= 0.3 is 5.97 Å². The highest BCUT2D eigenvalue weighted by atomic mass is 16.6. The Hall–Kier alpha value is -1.35. The molecule has 0 aliphatic carbocycles. The molecule has 1 aliphatic heterocycles. The number of carbonyl (C=O) groups excluding carboxylic acids is 1. The third-order valence-corrected chi connectivity index (χ3v) is 2.18. The smallest absolute Gasteiger partial charge is 0.343 e. The van der Waals surface area contributed by atoms with E-state index >= 15 is 0 Å². The molecule has 0 N–H and O–H groups in total. The van der Waals surface area contributed by atoms with Crippen LogP contribution in [0.25, 0.3) is 0 Å². The number of esters is 1. The van der Waals surface area contributed by atoms with Gasteiger partial charge in [0, 0.05) is 0 Å². The Morgan fingerprint density at radius 3 is 2.71 bits per heavy atom. The minimum absolute atomic E-state index is 0.0613. The topological polar surface area (TPSA) is 38.8 Å². The molecule has 0 aromatic heterocycles. The number of ether oxygens (including phenoxy) is 2. The Balaban J connectivity index is 1.90. The predicted octanol–water partition coefficient (Wildman–Crippen LogP) is 1.77. The summed E-state index contributed by atoms with van der Waals surface area (Å²) in [5.41, 5.74) is 0. The predicted molar refractivity (Wildman–Crippen MR) is 51.0 cm³/mol. The summed E-state index contributed by atoms with van der Waals surface area (Å²) in [7, 11) is 0. The van der Waals surface area contributed by atoms with E-state index in [4.69, 9.17) is 9.47 Å². The van der Waals surface area contributed by atoms with Gasteiger partial charge in [-0.3, -0.25) is 0 Å². The summed E-state index contributed by atoms with van der Waals surface area (Å²) in [4.78, 5) is 11.4. The summed E-state index contributed by atoms with van der Waals surface area (Å²) in [5, 5.41) is 0. The Morgan fingerprint density at radius 1 is 1.43 bits per heavy atom. The van der Waals surface area contributed by atoms with Crippen molar-refractivity contribution in [3.8, 4) is 5.75 Å². The van der Waals surface area contributed by atoms with Crippen LogP contribution in [-0.2, 0) is 9.53 Å². The molecule has 0 bridgehead atoms. The molecule has 0 spiro atoms. The fourth-order valence-corrected chi connectivity index (χ4v) is 1.32. The summed E-state index contributed by atoms with van der Waals surface area (Å²) >= 11 is 0. The molecule has 2 rings (SSSR count). The number of epoxide rings is 1. The van der Waals surface area contributed by atoms with E-state index in [1.54, 1.807) is 12.1 Å². The maximum absolute atomic E-state index is 11.4. The molecule has 0 unspecified atom stereocenters. The number of rotatable bonds is 3. The van der Waals surface area contributed by atoms with E-state index < -0.39 is 0 Å². The van der Waals surface area contributed by atoms with Crippen LogP contribution in [0.5, 0.6) is 5.75 Å². The highest BCUT2D eigenvalue weighted by Gasteiger charge is 2.45. The number of carbonyl (C=O) groups is 1. The van der Waals surface area contributed by atoms with Gasteiger partial charge in [0.15, 0.2) is 6.10 Å². The number of hydrogen-bond acceptors (Lipinski definition) is 3. The summed E-state index contributed by atoms with van der Waals surface area (Å²) in [5.74, 6) is 0.283. The number of benzene rings is 1. The van der Waals surface area contributed by atoms with Crippen molar-refractivity contribution in [2.45, 2.75) is 25.6 Å². The summed E-state index contributed by atoms with van der Waals surface area (Å²) in [6.07, 6.45) is 0.570. The Morgan fingerprint density at radius 2 is 2.14 bits per heavy atom. The average Bonchev–Trinajstić information content (AvgIpc) is 2.98. The lowest BCUT2D eigenvalue weighted by molar-refractivity contribution is -0.135. The van der Waals surface area contributed by atoms with Crippen molar-refractivity contribution in [2.75, 3.05) is 0 Å². The lowest BCUT2D eigenvalue weighted by Gasteiger charge is -2.00. The van der Waals surface area contributed by atoms with Gasteiger partial charge in [-0.25, -0.2) is 4.79 Å². The molecule has 2 atom stereocenters. The molecule has 1 aliphatic rings. The Labute approximate surface area is 82.6 Å². The highest BCUT2D eigenvalue weighted by Crippen LogP contribution is 2.26. The molecule has 0 saturated carbocycles. The van der Waals surface area contributed by atoms with Crippen molar-refractivity contribution in [1.82, 2.24) is 0 Å². The number of hydrogen-bond donors (Lipinski definition) is 0. The van der Waals surface area contributed by atoms with Gasteiger partial charge in [-0.05, 0) is 18.6 Å². The van der Waals surface area contributed by atoms with Gasteiger partial charge < -0.3 is 9.47 Å². The largest absolute Gasteiger partial charge is 0.425 e. The van der Waals surface area contributed by atoms with Gasteiger partial charge in [-0.2, -0.15) is 0 Å². The quantitative estimate of drug-likeness (QED) is 0.416. The second kappa shape index (κ2) is 3.80. The molecule has 1 heterocycles. The lowest BCUT2D eigenvalue weighted by Crippen LogP contribution is -2.16. The first-order valence-corrected chi connectivity index (χ1v) is 4.73. The molecule has 0 radical (unpaired) electrons. The zero-order chi connectivity index (χ0) is 9.97. The highest BCUT2D eigenvalue weighted by molar-refractivity contribution is 5.80. The number of para-hydroxylation sites is 1. The van der Waals surface area contributed by atoms with Crippen molar-refractivity contribution in [3.05, 3.63) is 30.3 Å². The monoisotopic (exact) mass is 192 g/mol. The molecule has 3 heteroatoms. The molecule has 1 aromatic carbocycles. The molecular weight excluding hydrogens is 180 g/mol. The third-order valence-electron chi connectivity index (χ3n) is 2.18. The molecule has 1 aromatic rings. The minimum atomic E-state index is -0.347. The van der Waals surface area contributed by atoms with Crippen molar-refractivity contribution < 1.29 is 14.3 Å². The molecule has 74 valence electrons. The fraction of sp³-hybridized carbons (Fsp3) is 0.364. The van der Waals surface area contributed by atoms with Crippen LogP contribution >= 0.6 is 0 Å². The molecule has 0 amide bonds. The van der Waals surface area contributed by atoms with E-state index in [2.05, 4.69) is 0 Å². The van der Waals surface area contributed by atoms with Crippen LogP contribution in [0.1, 0.15) is 13.3 Å². The Kier molecular flexibility index (Phi) is 2.50. The first kappa shape index (κ1) is 9.21. The summed E-state index contributed by atoms with van der Waals surface area (Å²) in [6, 6.07) is 9.03. The van der Waals surface area contributed by atoms with Crippen molar-refractivity contribution >= 4 is 5.97 Å². The van der Waals surface area contributed by atoms with E-state index in [0.29, 0.717) is 5.75 Å². The second-order valence-electron chi connectivity index (χ2n) is 3.24. The molecule has 1 saturated heterocycles. The van der Waals surface area contributed by atoms with Gasteiger partial charge in [0.2, 0.25) is 0 Å². The molecular formula is C11H12O3. The second-order valence-corrected chi connectivity index (χ2v) is 3.24. The summed E-state index contributed by atoms with van der Waals surface area (Å²) < 4.78 is 10.2.